The van der Waals surface area contributed by atoms with E-state index in [2.05, 4.69) is 25.7 Å². The Labute approximate surface area is 211 Å². The Morgan fingerprint density at radius 2 is 1.91 bits per heavy atom. The predicted octanol–water partition coefficient (Wildman–Crippen LogP) is 4.31. The normalized spacial score (nSPS) is 11.7. The van der Waals surface area contributed by atoms with Gasteiger partial charge in [0.05, 0.1) is 18.2 Å². The first-order chi connectivity index (χ1) is 17.0. The van der Waals surface area contributed by atoms with Crippen molar-refractivity contribution < 1.29 is 14.3 Å². The summed E-state index contributed by atoms with van der Waals surface area (Å²) in [5, 5.41) is 18.4. The molecular weight excluding hydrogens is 488 g/mol. The minimum atomic E-state index is -0.714. The molecule has 0 radical (unpaired) electrons. The maximum atomic E-state index is 12.7. The third-order valence-electron chi connectivity index (χ3n) is 5.09. The molecular formula is C24H23ClN6O3S. The van der Waals surface area contributed by atoms with E-state index in [-0.39, 0.29) is 18.9 Å². The summed E-state index contributed by atoms with van der Waals surface area (Å²) >= 11 is 7.44. The fourth-order valence-corrected chi connectivity index (χ4v) is 4.19. The molecule has 1 amide bonds. The van der Waals surface area contributed by atoms with Crippen molar-refractivity contribution in [3.8, 4) is 11.3 Å². The van der Waals surface area contributed by atoms with Crippen LogP contribution in [0.3, 0.4) is 0 Å². The summed E-state index contributed by atoms with van der Waals surface area (Å²) in [6, 6.07) is 16.1. The summed E-state index contributed by atoms with van der Waals surface area (Å²) in [6.07, 6.45) is 0.155. The van der Waals surface area contributed by atoms with Crippen LogP contribution in [0.25, 0.3) is 11.3 Å². The van der Waals surface area contributed by atoms with Crippen molar-refractivity contribution in [3.63, 3.8) is 0 Å². The van der Waals surface area contributed by atoms with Gasteiger partial charge in [0.25, 0.3) is 0 Å². The number of thiazole rings is 1. The Morgan fingerprint density at radius 3 is 2.66 bits per heavy atom. The molecule has 0 aliphatic rings. The maximum Gasteiger partial charge on any atom is 0.408 e. The zero-order valence-corrected chi connectivity index (χ0v) is 20.5. The highest BCUT2D eigenvalue weighted by Crippen LogP contribution is 2.24. The number of halogens is 1. The number of hydrogen-bond donors (Lipinski definition) is 1. The Morgan fingerprint density at radius 1 is 1.14 bits per heavy atom. The summed E-state index contributed by atoms with van der Waals surface area (Å²) in [7, 11) is 0. The van der Waals surface area contributed by atoms with Gasteiger partial charge in [-0.2, -0.15) is 4.80 Å². The molecule has 0 aliphatic heterocycles. The monoisotopic (exact) mass is 510 g/mol. The first kappa shape index (κ1) is 24.5. The highest BCUT2D eigenvalue weighted by Gasteiger charge is 2.21. The average Bonchev–Trinajstić information content (AvgIpc) is 3.52. The Kier molecular flexibility index (Phi) is 8.17. The van der Waals surface area contributed by atoms with Crippen molar-refractivity contribution in [1.82, 2.24) is 30.5 Å². The highest BCUT2D eigenvalue weighted by molar-refractivity contribution is 7.10. The number of aromatic nitrogens is 5. The second-order valence-electron chi connectivity index (χ2n) is 7.68. The minimum Gasteiger partial charge on any atom is -0.445 e. The van der Waals surface area contributed by atoms with Crippen LogP contribution in [0.5, 0.6) is 0 Å². The molecule has 1 unspecified atom stereocenters. The standard InChI is InChI=1S/C24H23ClN6O3S/c1-2-19(27-24(33)34-14-16-6-4-3-5-7-16)21(32)13-31-29-22(28-30-31)12-23-26-20(15-35-23)17-8-10-18(25)11-9-17/h3-11,15,19H,2,12-14H2,1H3,(H,27,33). The first-order valence-corrected chi connectivity index (χ1v) is 12.2. The van der Waals surface area contributed by atoms with Gasteiger partial charge >= 0.3 is 6.09 Å². The molecule has 4 aromatic rings. The van der Waals surface area contributed by atoms with Gasteiger partial charge in [-0.3, -0.25) is 4.79 Å². The molecule has 11 heteroatoms. The summed E-state index contributed by atoms with van der Waals surface area (Å²) in [4.78, 5) is 30.7. The zero-order chi connectivity index (χ0) is 24.6. The first-order valence-electron chi connectivity index (χ1n) is 11.0. The van der Waals surface area contributed by atoms with E-state index in [0.29, 0.717) is 23.7 Å². The smallest absolute Gasteiger partial charge is 0.408 e. The van der Waals surface area contributed by atoms with Gasteiger partial charge in [-0.15, -0.1) is 21.5 Å². The van der Waals surface area contributed by atoms with E-state index >= 15 is 0 Å². The van der Waals surface area contributed by atoms with Crippen molar-refractivity contribution in [1.29, 1.82) is 0 Å². The number of amides is 1. The molecule has 2 aromatic carbocycles. The molecule has 0 saturated heterocycles. The number of benzene rings is 2. The topological polar surface area (TPSA) is 112 Å². The number of Topliss-reactive ketones (excluding diaryl/α,β-unsaturated/α-hetero) is 1. The quantitative estimate of drug-likeness (QED) is 0.338. The van der Waals surface area contributed by atoms with Gasteiger partial charge in [-0.25, -0.2) is 9.78 Å². The fraction of sp³-hybridized carbons (Fsp3) is 0.250. The lowest BCUT2D eigenvalue weighted by Gasteiger charge is -2.15. The van der Waals surface area contributed by atoms with Crippen molar-refractivity contribution in [2.75, 3.05) is 0 Å². The Hall–Kier alpha value is -3.63. The van der Waals surface area contributed by atoms with Gasteiger partial charge in [0, 0.05) is 16.0 Å². The molecule has 0 bridgehead atoms. The van der Waals surface area contributed by atoms with E-state index < -0.39 is 12.1 Å². The number of nitrogens with one attached hydrogen (secondary N) is 1. The number of carbonyl (C=O) groups excluding carboxylic acids is 2. The van der Waals surface area contributed by atoms with Gasteiger partial charge in [0.2, 0.25) is 0 Å². The maximum absolute atomic E-state index is 12.7. The zero-order valence-electron chi connectivity index (χ0n) is 18.9. The van der Waals surface area contributed by atoms with Crippen LogP contribution in [0.15, 0.2) is 60.0 Å². The van der Waals surface area contributed by atoms with Gasteiger partial charge in [0.1, 0.15) is 18.2 Å². The van der Waals surface area contributed by atoms with Crippen LogP contribution in [0.4, 0.5) is 4.79 Å². The second kappa shape index (κ2) is 11.7. The average molecular weight is 511 g/mol. The number of ketones is 1. The van der Waals surface area contributed by atoms with Gasteiger partial charge < -0.3 is 10.1 Å². The molecule has 9 nitrogen and oxygen atoms in total. The number of tetrazole rings is 1. The molecule has 1 N–H and O–H groups in total. The predicted molar refractivity (Wildman–Crippen MR) is 132 cm³/mol. The van der Waals surface area contributed by atoms with Gasteiger partial charge in [0.15, 0.2) is 11.6 Å². The van der Waals surface area contributed by atoms with Crippen LogP contribution < -0.4 is 5.32 Å². The largest absolute Gasteiger partial charge is 0.445 e. The van der Waals surface area contributed by atoms with E-state index in [4.69, 9.17) is 16.3 Å². The highest BCUT2D eigenvalue weighted by atomic mass is 35.5. The number of alkyl carbamates (subject to hydrolysis) is 1. The molecule has 0 spiro atoms. The molecule has 2 heterocycles. The summed E-state index contributed by atoms with van der Waals surface area (Å²) < 4.78 is 5.21. The van der Waals surface area contributed by atoms with Gasteiger partial charge in [-0.05, 0) is 29.3 Å². The van der Waals surface area contributed by atoms with Crippen molar-refractivity contribution in [2.45, 2.75) is 39.0 Å². The van der Waals surface area contributed by atoms with E-state index in [1.54, 1.807) is 6.92 Å². The summed E-state index contributed by atoms with van der Waals surface area (Å²) in [6.45, 7) is 1.82. The Bertz CT molecular complexity index is 1280. The SMILES string of the molecule is CCC(NC(=O)OCc1ccccc1)C(=O)Cn1nnc(Cc2nc(-c3ccc(Cl)cc3)cs2)n1. The summed E-state index contributed by atoms with van der Waals surface area (Å²) in [5.41, 5.74) is 2.68. The van der Waals surface area contributed by atoms with Crippen molar-refractivity contribution in [3.05, 3.63) is 81.4 Å². The molecule has 2 aromatic heterocycles. The molecule has 4 rings (SSSR count). The fourth-order valence-electron chi connectivity index (χ4n) is 3.26. The van der Waals surface area contributed by atoms with Crippen LogP contribution >= 0.6 is 22.9 Å². The summed E-state index contributed by atoms with van der Waals surface area (Å²) in [5.74, 6) is 0.213. The van der Waals surface area contributed by atoms with Crippen molar-refractivity contribution in [2.24, 2.45) is 0 Å². The number of ether oxygens (including phenoxy) is 1. The lowest BCUT2D eigenvalue weighted by Crippen LogP contribution is -2.42. The Balaban J connectivity index is 1.29. The van der Waals surface area contributed by atoms with E-state index in [9.17, 15) is 9.59 Å². The minimum absolute atomic E-state index is 0.113. The number of hydrogen-bond acceptors (Lipinski definition) is 8. The second-order valence-corrected chi connectivity index (χ2v) is 9.06. The third-order valence-corrected chi connectivity index (χ3v) is 6.20. The molecule has 0 fully saturated rings. The van der Waals surface area contributed by atoms with Crippen LogP contribution in [-0.2, 0) is 29.1 Å². The van der Waals surface area contributed by atoms with Gasteiger partial charge in [-0.1, -0.05) is 61.0 Å². The van der Waals surface area contributed by atoms with E-state index in [0.717, 1.165) is 21.8 Å². The molecule has 1 atom stereocenters. The van der Waals surface area contributed by atoms with Crippen LogP contribution in [0.1, 0.15) is 29.7 Å². The molecule has 35 heavy (non-hydrogen) atoms. The van der Waals surface area contributed by atoms with Crippen molar-refractivity contribution >= 4 is 34.8 Å². The molecule has 0 saturated carbocycles. The van der Waals surface area contributed by atoms with E-state index in [1.165, 1.54) is 16.1 Å². The number of carbonyl (C=O) groups is 2. The van der Waals surface area contributed by atoms with E-state index in [1.807, 2.05) is 60.0 Å². The third kappa shape index (κ3) is 6.93. The lowest BCUT2D eigenvalue weighted by molar-refractivity contribution is -0.122. The van der Waals surface area contributed by atoms with Crippen LogP contribution in [0, 0.1) is 0 Å². The molecule has 180 valence electrons. The number of nitrogens with zero attached hydrogens (tertiary/aromatic N) is 5. The molecule has 0 aliphatic carbocycles. The van der Waals surface area contributed by atoms with Crippen LogP contribution in [0.2, 0.25) is 5.02 Å². The van der Waals surface area contributed by atoms with Crippen LogP contribution in [-0.4, -0.2) is 43.1 Å². The number of rotatable bonds is 10. The lowest BCUT2D eigenvalue weighted by atomic mass is 10.1.